The number of methoxy groups -OCH3 is 1. The third-order valence-electron chi connectivity index (χ3n) is 4.23. The van der Waals surface area contributed by atoms with Gasteiger partial charge >= 0.3 is 11.9 Å². The van der Waals surface area contributed by atoms with Crippen molar-refractivity contribution in [2.75, 3.05) is 7.11 Å². The Labute approximate surface area is 160 Å². The molecule has 27 heavy (non-hydrogen) atoms. The van der Waals surface area contributed by atoms with Crippen molar-refractivity contribution in [3.05, 3.63) is 42.0 Å². The molecule has 0 saturated heterocycles. The van der Waals surface area contributed by atoms with Gasteiger partial charge in [0.1, 0.15) is 5.75 Å². The number of ether oxygens (including phenoxy) is 3. The van der Waals surface area contributed by atoms with Crippen molar-refractivity contribution in [2.45, 2.75) is 58.7 Å². The molecule has 0 saturated carbocycles. The van der Waals surface area contributed by atoms with Gasteiger partial charge in [-0.2, -0.15) is 0 Å². The number of carbonyl (C=O) groups is 2. The van der Waals surface area contributed by atoms with Gasteiger partial charge in [-0.1, -0.05) is 38.1 Å². The maximum Gasteiger partial charge on any atom is 0.309 e. The lowest BCUT2D eigenvalue weighted by Crippen LogP contribution is -2.24. The van der Waals surface area contributed by atoms with E-state index in [1.54, 1.807) is 7.11 Å². The van der Waals surface area contributed by atoms with Crippen LogP contribution in [0.3, 0.4) is 0 Å². The summed E-state index contributed by atoms with van der Waals surface area (Å²) in [5.41, 5.74) is 1.06. The molecule has 2 rings (SSSR count). The molecule has 0 heterocycles. The second kappa shape index (κ2) is 10.6. The zero-order valence-electron chi connectivity index (χ0n) is 16.3. The van der Waals surface area contributed by atoms with Gasteiger partial charge in [0.15, 0.2) is 0 Å². The lowest BCUT2D eigenvalue weighted by molar-refractivity contribution is -0.189. The summed E-state index contributed by atoms with van der Waals surface area (Å²) in [7, 11) is 1.65. The van der Waals surface area contributed by atoms with Crippen LogP contribution in [0.1, 0.15) is 51.5 Å². The van der Waals surface area contributed by atoms with Gasteiger partial charge in [-0.05, 0) is 47.7 Å². The van der Waals surface area contributed by atoms with Crippen molar-refractivity contribution >= 4 is 22.7 Å². The number of rotatable bonds is 10. The predicted molar refractivity (Wildman–Crippen MR) is 105 cm³/mol. The van der Waals surface area contributed by atoms with E-state index in [0.717, 1.165) is 28.5 Å². The number of hydrogen-bond acceptors (Lipinski definition) is 5. The van der Waals surface area contributed by atoms with Crippen LogP contribution in [0.4, 0.5) is 0 Å². The highest BCUT2D eigenvalue weighted by atomic mass is 16.7. The summed E-state index contributed by atoms with van der Waals surface area (Å²) in [5.74, 6) is 0.139. The quantitative estimate of drug-likeness (QED) is 0.443. The molecule has 0 bridgehead atoms. The van der Waals surface area contributed by atoms with Gasteiger partial charge in [0, 0.05) is 19.3 Å². The van der Waals surface area contributed by atoms with Crippen LogP contribution >= 0.6 is 0 Å². The van der Waals surface area contributed by atoms with Crippen LogP contribution in [0.15, 0.2) is 36.4 Å². The van der Waals surface area contributed by atoms with E-state index in [1.165, 1.54) is 0 Å². The maximum absolute atomic E-state index is 12.2. The average Bonchev–Trinajstić information content (AvgIpc) is 2.66. The molecule has 1 atom stereocenters. The highest BCUT2D eigenvalue weighted by molar-refractivity contribution is 5.84. The first kappa shape index (κ1) is 20.7. The van der Waals surface area contributed by atoms with Gasteiger partial charge in [-0.15, -0.1) is 0 Å². The summed E-state index contributed by atoms with van der Waals surface area (Å²) < 4.78 is 15.8. The smallest absolute Gasteiger partial charge is 0.309 e. The molecule has 1 unspecified atom stereocenters. The SMILES string of the molecule is CCCC(=O)OC(CCC)OC(=O)CCc1ccc2cc(OC)ccc2c1. The van der Waals surface area contributed by atoms with Crippen molar-refractivity contribution < 1.29 is 23.8 Å². The number of benzene rings is 2. The van der Waals surface area contributed by atoms with E-state index >= 15 is 0 Å². The Balaban J connectivity index is 1.91. The lowest BCUT2D eigenvalue weighted by atomic mass is 10.0. The van der Waals surface area contributed by atoms with Crippen LogP contribution in [-0.4, -0.2) is 25.3 Å². The lowest BCUT2D eigenvalue weighted by Gasteiger charge is -2.17. The molecule has 0 aliphatic heterocycles. The first-order chi connectivity index (χ1) is 13.0. The largest absolute Gasteiger partial charge is 0.497 e. The average molecular weight is 372 g/mol. The van der Waals surface area contributed by atoms with Gasteiger partial charge < -0.3 is 14.2 Å². The molecule has 0 amide bonds. The Morgan fingerprint density at radius 2 is 1.56 bits per heavy atom. The number of esters is 2. The van der Waals surface area contributed by atoms with Gasteiger partial charge in [0.25, 0.3) is 0 Å². The Morgan fingerprint density at radius 3 is 2.22 bits per heavy atom. The summed E-state index contributed by atoms with van der Waals surface area (Å²) in [5, 5.41) is 2.19. The Hall–Kier alpha value is -2.56. The molecule has 0 fully saturated rings. The van der Waals surface area contributed by atoms with Crippen LogP contribution in [0.2, 0.25) is 0 Å². The molecule has 0 aliphatic carbocycles. The van der Waals surface area contributed by atoms with E-state index < -0.39 is 6.29 Å². The molecule has 5 nitrogen and oxygen atoms in total. The topological polar surface area (TPSA) is 61.8 Å². The molecule has 5 heteroatoms. The second-order valence-corrected chi connectivity index (χ2v) is 6.50. The summed E-state index contributed by atoms with van der Waals surface area (Å²) >= 11 is 0. The number of hydrogen-bond donors (Lipinski definition) is 0. The molecular formula is C22H28O5. The fraction of sp³-hybridized carbons (Fsp3) is 0.455. The number of aryl methyl sites for hydroxylation is 1. The highest BCUT2D eigenvalue weighted by Gasteiger charge is 2.17. The molecule has 0 N–H and O–H groups in total. The zero-order valence-corrected chi connectivity index (χ0v) is 16.3. The van der Waals surface area contributed by atoms with Crippen LogP contribution < -0.4 is 4.74 Å². The fourth-order valence-electron chi connectivity index (χ4n) is 2.79. The van der Waals surface area contributed by atoms with Crippen LogP contribution in [0.5, 0.6) is 5.75 Å². The van der Waals surface area contributed by atoms with E-state index in [0.29, 0.717) is 25.7 Å². The minimum absolute atomic E-state index is 0.243. The van der Waals surface area contributed by atoms with E-state index in [4.69, 9.17) is 14.2 Å². The summed E-state index contributed by atoms with van der Waals surface area (Å²) in [6.45, 7) is 3.86. The monoisotopic (exact) mass is 372 g/mol. The van der Waals surface area contributed by atoms with Gasteiger partial charge in [0.05, 0.1) is 7.11 Å². The first-order valence-electron chi connectivity index (χ1n) is 9.51. The van der Waals surface area contributed by atoms with Crippen LogP contribution in [-0.2, 0) is 25.5 Å². The molecule has 146 valence electrons. The van der Waals surface area contributed by atoms with Crippen molar-refractivity contribution in [1.82, 2.24) is 0 Å². The maximum atomic E-state index is 12.2. The van der Waals surface area contributed by atoms with E-state index in [-0.39, 0.29) is 18.4 Å². The first-order valence-corrected chi connectivity index (χ1v) is 9.51. The van der Waals surface area contributed by atoms with Crippen molar-refractivity contribution in [3.8, 4) is 5.75 Å². The van der Waals surface area contributed by atoms with Crippen molar-refractivity contribution in [2.24, 2.45) is 0 Å². The predicted octanol–water partition coefficient (Wildman–Crippen LogP) is 4.79. The van der Waals surface area contributed by atoms with E-state index in [1.807, 2.05) is 44.2 Å². The molecular weight excluding hydrogens is 344 g/mol. The molecule has 0 radical (unpaired) electrons. The molecule has 2 aromatic carbocycles. The number of carbonyl (C=O) groups excluding carboxylic acids is 2. The minimum Gasteiger partial charge on any atom is -0.497 e. The fourth-order valence-corrected chi connectivity index (χ4v) is 2.79. The van der Waals surface area contributed by atoms with E-state index in [9.17, 15) is 9.59 Å². The van der Waals surface area contributed by atoms with Crippen LogP contribution in [0, 0.1) is 0 Å². The third-order valence-corrected chi connectivity index (χ3v) is 4.23. The van der Waals surface area contributed by atoms with Gasteiger partial charge in [-0.25, -0.2) is 0 Å². The number of fused-ring (bicyclic) bond motifs is 1. The zero-order chi connectivity index (χ0) is 19.6. The van der Waals surface area contributed by atoms with Crippen molar-refractivity contribution in [1.29, 1.82) is 0 Å². The summed E-state index contributed by atoms with van der Waals surface area (Å²) in [4.78, 5) is 23.8. The summed E-state index contributed by atoms with van der Waals surface area (Å²) in [6.07, 6.45) is 2.35. The molecule has 2 aromatic rings. The highest BCUT2D eigenvalue weighted by Crippen LogP contribution is 2.22. The van der Waals surface area contributed by atoms with Gasteiger partial charge in [0.2, 0.25) is 6.29 Å². The molecule has 0 aromatic heterocycles. The Kier molecular flexibility index (Phi) is 8.11. The normalized spacial score (nSPS) is 11.8. The third kappa shape index (κ3) is 6.59. The van der Waals surface area contributed by atoms with Crippen molar-refractivity contribution in [3.63, 3.8) is 0 Å². The van der Waals surface area contributed by atoms with Gasteiger partial charge in [-0.3, -0.25) is 9.59 Å². The molecule has 0 aliphatic rings. The van der Waals surface area contributed by atoms with Crippen LogP contribution in [0.25, 0.3) is 10.8 Å². The Morgan fingerprint density at radius 1 is 0.889 bits per heavy atom. The Bertz CT molecular complexity index is 768. The molecule has 0 spiro atoms. The standard InChI is InChI=1S/C22H28O5/c1-4-6-20(23)26-22(7-5-2)27-21(24)13-9-16-8-10-18-15-19(25-3)12-11-17(18)14-16/h8,10-12,14-15,22H,4-7,9,13H2,1-3H3. The summed E-state index contributed by atoms with van der Waals surface area (Å²) in [6, 6.07) is 12.0. The second-order valence-electron chi connectivity index (χ2n) is 6.50. The van der Waals surface area contributed by atoms with E-state index in [2.05, 4.69) is 6.07 Å². The minimum atomic E-state index is -0.786.